The van der Waals surface area contributed by atoms with E-state index < -0.39 is 37.3 Å². The van der Waals surface area contributed by atoms with E-state index in [1.807, 2.05) is 25.1 Å². The van der Waals surface area contributed by atoms with Crippen molar-refractivity contribution in [2.75, 3.05) is 0 Å². The lowest BCUT2D eigenvalue weighted by Crippen LogP contribution is -2.47. The van der Waals surface area contributed by atoms with Gasteiger partial charge in [-0.2, -0.15) is 13.8 Å². The first-order valence-corrected chi connectivity index (χ1v) is 11.0. The van der Waals surface area contributed by atoms with Gasteiger partial charge in [0, 0.05) is 5.56 Å². The highest BCUT2D eigenvalue weighted by atomic mass is 32.1. The van der Waals surface area contributed by atoms with Crippen LogP contribution in [-0.4, -0.2) is 41.6 Å². The van der Waals surface area contributed by atoms with Crippen molar-refractivity contribution in [2.24, 2.45) is 0 Å². The Kier molecular flexibility index (Phi) is 5.67. The molecule has 154 valence electrons. The molecular formula is C17H17B2FN2O6PS+. The highest BCUT2D eigenvalue weighted by Crippen LogP contribution is 2.64. The van der Waals surface area contributed by atoms with Crippen molar-refractivity contribution in [1.29, 1.82) is 0 Å². The summed E-state index contributed by atoms with van der Waals surface area (Å²) in [5, 5.41) is -1.97. The zero-order valence-electron chi connectivity index (χ0n) is 15.9. The summed E-state index contributed by atoms with van der Waals surface area (Å²) < 4.78 is 37.2. The van der Waals surface area contributed by atoms with E-state index >= 15 is 0 Å². The summed E-state index contributed by atoms with van der Waals surface area (Å²) in [6.45, 7) is 1.89. The number of fused-ring (bicyclic) bond motifs is 1. The highest BCUT2D eigenvalue weighted by Gasteiger charge is 2.56. The van der Waals surface area contributed by atoms with Gasteiger partial charge < -0.3 is 4.74 Å². The first-order chi connectivity index (χ1) is 14.1. The van der Waals surface area contributed by atoms with Gasteiger partial charge in [-0.3, -0.25) is 18.9 Å². The third kappa shape index (κ3) is 4.12. The number of rotatable bonds is 4. The molecule has 4 rings (SSSR count). The predicted molar refractivity (Wildman–Crippen MR) is 110 cm³/mol. The number of H-pyrrole nitrogens is 1. The molecule has 3 heterocycles. The van der Waals surface area contributed by atoms with Gasteiger partial charge in [-0.1, -0.05) is 18.2 Å². The number of aromatic nitrogens is 2. The summed E-state index contributed by atoms with van der Waals surface area (Å²) >= 11 is 5.06. The summed E-state index contributed by atoms with van der Waals surface area (Å²) in [4.78, 5) is 24.3. The number of hydrogen-bond acceptors (Lipinski definition) is 7. The second-order valence-corrected chi connectivity index (χ2v) is 9.09. The fourth-order valence-electron chi connectivity index (χ4n) is 3.38. The SMILES string of the molecule is [B]C([B])(O[P+]1(O)OCc2cccc(C)c2O1)C1CCC(n2cc(F)c(=O)[nH]c2=S)O1. The number of ether oxygens (including phenoxy) is 1. The number of nitrogens with one attached hydrogen (secondary N) is 1. The molecule has 2 N–H and O–H groups in total. The lowest BCUT2D eigenvalue weighted by atomic mass is 9.61. The Morgan fingerprint density at radius 3 is 2.97 bits per heavy atom. The molecule has 1 aromatic heterocycles. The van der Waals surface area contributed by atoms with Gasteiger partial charge in [0.05, 0.1) is 17.7 Å². The Morgan fingerprint density at radius 2 is 2.20 bits per heavy atom. The van der Waals surface area contributed by atoms with Gasteiger partial charge in [0.15, 0.2) is 10.5 Å². The summed E-state index contributed by atoms with van der Waals surface area (Å²) in [5.74, 6) is -0.549. The zero-order chi connectivity index (χ0) is 21.7. The molecule has 30 heavy (non-hydrogen) atoms. The standard InChI is InChI=1S/C17H16B2FN2O6PS/c1-9-3-2-4-10-8-25-29(24,27-14(9)10)28-17(18,19)12-5-6-13(26-12)22-7-11(20)15(23)21-16(22)30/h2-4,7,12-13,24H,5-6,8H2,1H3/p+1. The fraction of sp³-hybridized carbons (Fsp3) is 0.412. The van der Waals surface area contributed by atoms with Gasteiger partial charge in [0.1, 0.15) is 28.5 Å². The topological polar surface area (TPSA) is 94.9 Å². The van der Waals surface area contributed by atoms with Crippen molar-refractivity contribution >= 4 is 36.1 Å². The van der Waals surface area contributed by atoms with Crippen LogP contribution in [0, 0.1) is 17.5 Å². The van der Waals surface area contributed by atoms with Crippen molar-refractivity contribution < 1.29 is 27.6 Å². The highest BCUT2D eigenvalue weighted by molar-refractivity contribution is 7.71. The molecule has 0 saturated carbocycles. The maximum absolute atomic E-state index is 13.7. The number of aryl methyl sites for hydroxylation is 1. The molecule has 3 unspecified atom stereocenters. The van der Waals surface area contributed by atoms with E-state index in [9.17, 15) is 14.1 Å². The molecule has 1 saturated heterocycles. The van der Waals surface area contributed by atoms with Crippen LogP contribution in [0.25, 0.3) is 0 Å². The second kappa shape index (κ2) is 7.85. The number of hydrogen-bond donors (Lipinski definition) is 2. The summed E-state index contributed by atoms with van der Waals surface area (Å²) in [7, 11) is 8.32. The number of aromatic amines is 1. The first kappa shape index (κ1) is 21.7. The van der Waals surface area contributed by atoms with Gasteiger partial charge in [-0.15, -0.1) is 4.52 Å². The Morgan fingerprint density at radius 1 is 1.43 bits per heavy atom. The smallest absolute Gasteiger partial charge is 0.353 e. The molecule has 2 aromatic rings. The van der Waals surface area contributed by atoms with Crippen molar-refractivity contribution in [3.8, 4) is 5.75 Å². The van der Waals surface area contributed by atoms with Gasteiger partial charge in [0.25, 0.3) is 5.56 Å². The number of para-hydroxylation sites is 1. The lowest BCUT2D eigenvalue weighted by Gasteiger charge is -2.33. The van der Waals surface area contributed by atoms with Gasteiger partial charge >= 0.3 is 8.17 Å². The number of halogens is 1. The first-order valence-electron chi connectivity index (χ1n) is 9.07. The molecule has 2 aliphatic heterocycles. The van der Waals surface area contributed by atoms with E-state index in [1.165, 1.54) is 4.57 Å². The van der Waals surface area contributed by atoms with Crippen LogP contribution in [0.2, 0.25) is 0 Å². The molecule has 0 spiro atoms. The van der Waals surface area contributed by atoms with E-state index in [1.54, 1.807) is 0 Å². The molecule has 2 aliphatic rings. The number of benzene rings is 1. The molecule has 0 amide bonds. The van der Waals surface area contributed by atoms with Crippen LogP contribution in [-0.2, 0) is 20.4 Å². The van der Waals surface area contributed by atoms with Gasteiger partial charge in [-0.25, -0.2) is 0 Å². The average molecular weight is 449 g/mol. The molecule has 4 radical (unpaired) electrons. The molecule has 1 aromatic carbocycles. The van der Waals surface area contributed by atoms with Crippen molar-refractivity contribution in [2.45, 2.75) is 44.1 Å². The van der Waals surface area contributed by atoms with Gasteiger partial charge in [0.2, 0.25) is 5.82 Å². The van der Waals surface area contributed by atoms with Crippen LogP contribution < -0.4 is 10.1 Å². The third-order valence-electron chi connectivity index (χ3n) is 4.89. The van der Waals surface area contributed by atoms with Crippen LogP contribution in [0.5, 0.6) is 5.75 Å². The quantitative estimate of drug-likeness (QED) is 0.421. The Hall–Kier alpha value is -1.55. The zero-order valence-corrected chi connectivity index (χ0v) is 17.6. The van der Waals surface area contributed by atoms with Crippen LogP contribution in [0.1, 0.15) is 30.2 Å². The lowest BCUT2D eigenvalue weighted by molar-refractivity contribution is -0.0557. The van der Waals surface area contributed by atoms with E-state index in [2.05, 4.69) is 4.98 Å². The average Bonchev–Trinajstić information content (AvgIpc) is 3.16. The Balaban J connectivity index is 1.50. The minimum absolute atomic E-state index is 0.00947. The van der Waals surface area contributed by atoms with Crippen LogP contribution in [0.4, 0.5) is 4.39 Å². The Bertz CT molecular complexity index is 1100. The summed E-state index contributed by atoms with van der Waals surface area (Å²) in [5.41, 5.74) is 0.633. The number of nitrogens with zero attached hydrogens (tertiary/aromatic N) is 1. The molecule has 3 atom stereocenters. The second-order valence-electron chi connectivity index (χ2n) is 7.14. The summed E-state index contributed by atoms with van der Waals surface area (Å²) in [6.07, 6.45) is 0.0134. The maximum Gasteiger partial charge on any atom is 0.618 e. The monoisotopic (exact) mass is 449 g/mol. The fourth-order valence-corrected chi connectivity index (χ4v) is 5.10. The molecule has 0 aliphatic carbocycles. The third-order valence-corrected chi connectivity index (χ3v) is 6.62. The van der Waals surface area contributed by atoms with Crippen molar-refractivity contribution in [3.63, 3.8) is 0 Å². The normalized spacial score (nSPS) is 26.2. The molecule has 0 bridgehead atoms. The minimum atomic E-state index is -3.88. The molecular weight excluding hydrogens is 432 g/mol. The summed E-state index contributed by atoms with van der Waals surface area (Å²) in [6, 6.07) is 5.48. The van der Waals surface area contributed by atoms with E-state index in [0.717, 1.165) is 17.3 Å². The molecule has 13 heteroatoms. The minimum Gasteiger partial charge on any atom is -0.353 e. The van der Waals surface area contributed by atoms with Crippen LogP contribution in [0.15, 0.2) is 29.2 Å². The van der Waals surface area contributed by atoms with Crippen molar-refractivity contribution in [1.82, 2.24) is 9.55 Å². The van der Waals surface area contributed by atoms with E-state index in [4.69, 9.17) is 46.2 Å². The van der Waals surface area contributed by atoms with Crippen molar-refractivity contribution in [3.05, 3.63) is 56.5 Å². The van der Waals surface area contributed by atoms with E-state index in [-0.39, 0.29) is 11.4 Å². The maximum atomic E-state index is 13.7. The van der Waals surface area contributed by atoms with E-state index in [0.29, 0.717) is 18.6 Å². The predicted octanol–water partition coefficient (Wildman–Crippen LogP) is 2.32. The van der Waals surface area contributed by atoms with Crippen LogP contribution >= 0.6 is 20.4 Å². The molecule has 8 nitrogen and oxygen atoms in total. The Labute approximate surface area is 179 Å². The largest absolute Gasteiger partial charge is 0.618 e. The van der Waals surface area contributed by atoms with Gasteiger partial charge in [-0.05, 0) is 37.5 Å². The molecule has 1 fully saturated rings. The van der Waals surface area contributed by atoms with Crippen LogP contribution in [0.3, 0.4) is 0 Å².